The summed E-state index contributed by atoms with van der Waals surface area (Å²) in [5.41, 5.74) is 6.14. The second-order valence-electron chi connectivity index (χ2n) is 7.24. The molecule has 0 aromatic heterocycles. The Labute approximate surface area is 155 Å². The Kier molecular flexibility index (Phi) is 6.14. The van der Waals surface area contributed by atoms with E-state index in [4.69, 9.17) is 10.5 Å². The lowest BCUT2D eigenvalue weighted by atomic mass is 9.88. The molecule has 0 saturated carbocycles. The third-order valence-electron chi connectivity index (χ3n) is 5.51. The van der Waals surface area contributed by atoms with Crippen LogP contribution in [0, 0.1) is 5.92 Å². The van der Waals surface area contributed by atoms with E-state index in [2.05, 4.69) is 0 Å². The molecule has 6 nitrogen and oxygen atoms in total. The van der Waals surface area contributed by atoms with E-state index in [1.54, 1.807) is 6.92 Å². The highest BCUT2D eigenvalue weighted by atomic mass is 16.5. The molecular weight excluding hydrogens is 330 g/mol. The first-order chi connectivity index (χ1) is 12.6. The zero-order valence-electron chi connectivity index (χ0n) is 15.5. The summed E-state index contributed by atoms with van der Waals surface area (Å²) in [6.45, 7) is 4.88. The van der Waals surface area contributed by atoms with Crippen molar-refractivity contribution in [1.82, 2.24) is 9.80 Å². The van der Waals surface area contributed by atoms with Crippen LogP contribution in [-0.2, 0) is 4.79 Å². The topological polar surface area (TPSA) is 75.9 Å². The number of rotatable bonds is 4. The summed E-state index contributed by atoms with van der Waals surface area (Å²) in [7, 11) is 0. The van der Waals surface area contributed by atoms with Crippen molar-refractivity contribution in [2.24, 2.45) is 11.7 Å². The van der Waals surface area contributed by atoms with Crippen molar-refractivity contribution in [2.45, 2.75) is 38.6 Å². The minimum atomic E-state index is 0.0866. The summed E-state index contributed by atoms with van der Waals surface area (Å²) in [4.78, 5) is 28.8. The molecule has 0 unspecified atom stereocenters. The lowest BCUT2D eigenvalue weighted by Gasteiger charge is -2.42. The van der Waals surface area contributed by atoms with Gasteiger partial charge in [-0.25, -0.2) is 0 Å². The maximum Gasteiger partial charge on any atom is 0.254 e. The summed E-state index contributed by atoms with van der Waals surface area (Å²) in [5, 5.41) is 0. The average molecular weight is 359 g/mol. The van der Waals surface area contributed by atoms with Crippen molar-refractivity contribution < 1.29 is 14.3 Å². The highest BCUT2D eigenvalue weighted by Gasteiger charge is 2.37. The van der Waals surface area contributed by atoms with Crippen molar-refractivity contribution in [2.75, 3.05) is 32.8 Å². The van der Waals surface area contributed by atoms with Gasteiger partial charge in [-0.1, -0.05) is 6.42 Å². The molecule has 0 aliphatic carbocycles. The fourth-order valence-corrected chi connectivity index (χ4v) is 4.14. The van der Waals surface area contributed by atoms with E-state index in [-0.39, 0.29) is 17.9 Å². The van der Waals surface area contributed by atoms with Gasteiger partial charge < -0.3 is 20.3 Å². The molecular formula is C20H29N3O3. The fraction of sp³-hybridized carbons (Fsp3) is 0.600. The maximum absolute atomic E-state index is 13.1. The number of hydrogen-bond donors (Lipinski definition) is 1. The number of benzene rings is 1. The minimum absolute atomic E-state index is 0.0866. The van der Waals surface area contributed by atoms with Gasteiger partial charge in [-0.05, 0) is 49.4 Å². The predicted octanol–water partition coefficient (Wildman–Crippen LogP) is 1.89. The second-order valence-corrected chi connectivity index (χ2v) is 7.24. The standard InChI is InChI=1S/C20H29N3O3/c1-15(24)22-12-9-19-17(14-22)4-2-3-11-23(19)20(25)16-5-7-18(8-6-16)26-13-10-21/h5-8,17,19H,2-4,9-14,21H2,1H3/t17-,19+/m0/s1. The SMILES string of the molecule is CC(=O)N1CC[C@@H]2[C@@H](CCCCN2C(=O)c2ccc(OCCN)cc2)C1. The molecule has 26 heavy (non-hydrogen) atoms. The zero-order valence-corrected chi connectivity index (χ0v) is 15.5. The first-order valence-corrected chi connectivity index (χ1v) is 9.59. The van der Waals surface area contributed by atoms with E-state index >= 15 is 0 Å². The Balaban J connectivity index is 1.72. The highest BCUT2D eigenvalue weighted by molar-refractivity contribution is 5.94. The lowest BCUT2D eigenvalue weighted by Crippen LogP contribution is -2.53. The van der Waals surface area contributed by atoms with Gasteiger partial charge in [0.05, 0.1) is 0 Å². The molecule has 0 bridgehead atoms. The van der Waals surface area contributed by atoms with Crippen LogP contribution in [-0.4, -0.2) is 60.4 Å². The third-order valence-corrected chi connectivity index (χ3v) is 5.51. The number of ether oxygens (including phenoxy) is 1. The maximum atomic E-state index is 13.1. The van der Waals surface area contributed by atoms with Gasteiger partial charge in [-0.15, -0.1) is 0 Å². The molecule has 0 spiro atoms. The number of likely N-dealkylation sites (tertiary alicyclic amines) is 2. The third kappa shape index (κ3) is 4.18. The number of nitrogens with two attached hydrogens (primary N) is 1. The number of carbonyl (C=O) groups excluding carboxylic acids is 2. The van der Waals surface area contributed by atoms with Crippen LogP contribution in [0.15, 0.2) is 24.3 Å². The Morgan fingerprint density at radius 3 is 2.62 bits per heavy atom. The first kappa shape index (κ1) is 18.7. The van der Waals surface area contributed by atoms with Crippen molar-refractivity contribution in [3.63, 3.8) is 0 Å². The van der Waals surface area contributed by atoms with Gasteiger partial charge in [0, 0.05) is 44.7 Å². The number of amides is 2. The van der Waals surface area contributed by atoms with Crippen molar-refractivity contribution in [3.8, 4) is 5.75 Å². The van der Waals surface area contributed by atoms with Crippen molar-refractivity contribution in [3.05, 3.63) is 29.8 Å². The van der Waals surface area contributed by atoms with Crippen LogP contribution in [0.5, 0.6) is 5.75 Å². The second kappa shape index (κ2) is 8.54. The van der Waals surface area contributed by atoms with E-state index in [1.165, 1.54) is 0 Å². The fourth-order valence-electron chi connectivity index (χ4n) is 4.14. The molecule has 142 valence electrons. The van der Waals surface area contributed by atoms with Gasteiger partial charge in [-0.3, -0.25) is 9.59 Å². The Bertz CT molecular complexity index is 632. The number of carbonyl (C=O) groups is 2. The Hall–Kier alpha value is -2.08. The smallest absolute Gasteiger partial charge is 0.254 e. The molecule has 2 fully saturated rings. The van der Waals surface area contributed by atoms with Gasteiger partial charge in [0.15, 0.2) is 0 Å². The molecule has 1 aromatic rings. The molecule has 2 aliphatic heterocycles. The van der Waals surface area contributed by atoms with Crippen LogP contribution in [0.2, 0.25) is 0 Å². The average Bonchev–Trinajstić information content (AvgIpc) is 2.88. The van der Waals surface area contributed by atoms with E-state index < -0.39 is 0 Å². The first-order valence-electron chi connectivity index (χ1n) is 9.59. The van der Waals surface area contributed by atoms with Crippen molar-refractivity contribution >= 4 is 11.8 Å². The van der Waals surface area contributed by atoms with E-state index in [0.717, 1.165) is 51.1 Å². The molecule has 0 radical (unpaired) electrons. The van der Waals surface area contributed by atoms with Crippen LogP contribution in [0.3, 0.4) is 0 Å². The van der Waals surface area contributed by atoms with Gasteiger partial charge >= 0.3 is 0 Å². The predicted molar refractivity (Wildman–Crippen MR) is 100 cm³/mol. The molecule has 2 amide bonds. The highest BCUT2D eigenvalue weighted by Crippen LogP contribution is 2.31. The number of piperidine rings is 1. The Morgan fingerprint density at radius 1 is 1.15 bits per heavy atom. The summed E-state index contributed by atoms with van der Waals surface area (Å²) in [5.74, 6) is 1.34. The molecule has 6 heteroatoms. The molecule has 2 N–H and O–H groups in total. The van der Waals surface area contributed by atoms with Gasteiger partial charge in [-0.2, -0.15) is 0 Å². The summed E-state index contributed by atoms with van der Waals surface area (Å²) >= 11 is 0. The normalized spacial score (nSPS) is 23.2. The molecule has 2 atom stereocenters. The zero-order chi connectivity index (χ0) is 18.5. The lowest BCUT2D eigenvalue weighted by molar-refractivity contribution is -0.131. The van der Waals surface area contributed by atoms with Crippen LogP contribution in [0.4, 0.5) is 0 Å². The number of hydrogen-bond acceptors (Lipinski definition) is 4. The van der Waals surface area contributed by atoms with Crippen LogP contribution < -0.4 is 10.5 Å². The summed E-state index contributed by atoms with van der Waals surface area (Å²) < 4.78 is 5.49. The minimum Gasteiger partial charge on any atom is -0.492 e. The van der Waals surface area contributed by atoms with Crippen molar-refractivity contribution in [1.29, 1.82) is 0 Å². The van der Waals surface area contributed by atoms with Gasteiger partial charge in [0.25, 0.3) is 5.91 Å². The van der Waals surface area contributed by atoms with E-state index in [0.29, 0.717) is 24.6 Å². The Morgan fingerprint density at radius 2 is 1.92 bits per heavy atom. The number of nitrogens with zero attached hydrogens (tertiary/aromatic N) is 2. The number of fused-ring (bicyclic) bond motifs is 1. The molecule has 2 aliphatic rings. The van der Waals surface area contributed by atoms with Gasteiger partial charge in [0.2, 0.25) is 5.91 Å². The summed E-state index contributed by atoms with van der Waals surface area (Å²) in [6, 6.07) is 7.55. The quantitative estimate of drug-likeness (QED) is 0.891. The van der Waals surface area contributed by atoms with Crippen LogP contribution >= 0.6 is 0 Å². The monoisotopic (exact) mass is 359 g/mol. The van der Waals surface area contributed by atoms with Gasteiger partial charge in [0.1, 0.15) is 12.4 Å². The molecule has 3 rings (SSSR count). The molecule has 2 saturated heterocycles. The van der Waals surface area contributed by atoms with E-state index in [9.17, 15) is 9.59 Å². The molecule has 2 heterocycles. The summed E-state index contributed by atoms with van der Waals surface area (Å²) in [6.07, 6.45) is 4.09. The largest absolute Gasteiger partial charge is 0.492 e. The molecule has 1 aromatic carbocycles. The van der Waals surface area contributed by atoms with E-state index in [1.807, 2.05) is 34.1 Å². The van der Waals surface area contributed by atoms with Crippen LogP contribution in [0.25, 0.3) is 0 Å². The van der Waals surface area contributed by atoms with Crippen LogP contribution in [0.1, 0.15) is 43.0 Å².